The highest BCUT2D eigenvalue weighted by Gasteiger charge is 2.38. The molecule has 33 heavy (non-hydrogen) atoms. The molecule has 0 spiro atoms. The van der Waals surface area contributed by atoms with Gasteiger partial charge in [0.15, 0.2) is 5.82 Å². The number of carbonyl (C=O) groups excluding carboxylic acids is 1. The van der Waals surface area contributed by atoms with E-state index < -0.39 is 11.4 Å². The van der Waals surface area contributed by atoms with Gasteiger partial charge in [-0.15, -0.1) is 0 Å². The molecule has 1 aliphatic heterocycles. The van der Waals surface area contributed by atoms with Crippen LogP contribution in [0.25, 0.3) is 0 Å². The molecule has 1 amide bonds. The van der Waals surface area contributed by atoms with Gasteiger partial charge in [0.25, 0.3) is 5.91 Å². The number of primary amides is 1. The number of amides is 1. The molecular weight excluding hydrogens is 427 g/mol. The Morgan fingerprint density at radius 1 is 1.27 bits per heavy atom. The van der Waals surface area contributed by atoms with Gasteiger partial charge in [0.2, 0.25) is 0 Å². The van der Waals surface area contributed by atoms with Gasteiger partial charge in [-0.2, -0.15) is 10.4 Å². The molecule has 1 saturated heterocycles. The number of anilines is 3. The number of carbonyl (C=O) groups is 1. The number of benzene rings is 1. The third-order valence-electron chi connectivity index (χ3n) is 5.84. The number of nitrogens with zero attached hydrogens (tertiary/aromatic N) is 6. The summed E-state index contributed by atoms with van der Waals surface area (Å²) in [5.41, 5.74) is 6.60. The molecule has 0 bridgehead atoms. The molecule has 10 nitrogen and oxygen atoms in total. The maximum atomic E-state index is 13.2. The van der Waals surface area contributed by atoms with Crippen LogP contribution in [0.1, 0.15) is 29.6 Å². The molecule has 0 unspecified atom stereocenters. The topological polar surface area (TPSA) is 135 Å². The predicted molar refractivity (Wildman–Crippen MR) is 119 cm³/mol. The van der Waals surface area contributed by atoms with Crippen molar-refractivity contribution in [2.75, 3.05) is 30.4 Å². The van der Waals surface area contributed by atoms with Crippen LogP contribution in [-0.4, -0.2) is 45.9 Å². The van der Waals surface area contributed by atoms with Crippen molar-refractivity contribution in [3.05, 3.63) is 54.2 Å². The summed E-state index contributed by atoms with van der Waals surface area (Å²) in [5, 5.41) is 17.2. The summed E-state index contributed by atoms with van der Waals surface area (Å²) in [4.78, 5) is 22.5. The van der Waals surface area contributed by atoms with Crippen LogP contribution in [0.4, 0.5) is 21.6 Å². The average molecular weight is 450 g/mol. The van der Waals surface area contributed by atoms with Crippen LogP contribution in [0.5, 0.6) is 6.01 Å². The van der Waals surface area contributed by atoms with E-state index in [1.165, 1.54) is 19.2 Å². The second-order valence-corrected chi connectivity index (χ2v) is 7.81. The van der Waals surface area contributed by atoms with Crippen LogP contribution in [0, 0.1) is 17.1 Å². The Balaban J connectivity index is 1.59. The highest BCUT2D eigenvalue weighted by molar-refractivity contribution is 5.98. The molecule has 1 aliphatic rings. The summed E-state index contributed by atoms with van der Waals surface area (Å²) < 4.78 is 19.9. The first-order valence-electron chi connectivity index (χ1n) is 10.3. The Hall–Kier alpha value is -4.20. The fraction of sp³-hybridized carbons (Fsp3) is 0.318. The second kappa shape index (κ2) is 9.12. The number of rotatable bonds is 7. The van der Waals surface area contributed by atoms with Gasteiger partial charge in [0.1, 0.15) is 11.4 Å². The number of nitrogens with two attached hydrogens (primary N) is 1. The van der Waals surface area contributed by atoms with E-state index in [0.717, 1.165) is 5.69 Å². The summed E-state index contributed by atoms with van der Waals surface area (Å²) in [6, 6.07) is 8.25. The number of nitrogens with one attached hydrogen (secondary N) is 1. The van der Waals surface area contributed by atoms with E-state index in [-0.39, 0.29) is 23.6 Å². The predicted octanol–water partition coefficient (Wildman–Crippen LogP) is 2.57. The zero-order valence-corrected chi connectivity index (χ0v) is 18.0. The Bertz CT molecular complexity index is 1160. The second-order valence-electron chi connectivity index (χ2n) is 7.81. The van der Waals surface area contributed by atoms with Gasteiger partial charge in [-0.25, -0.2) is 14.4 Å². The lowest BCUT2D eigenvalue weighted by atomic mass is 9.85. The van der Waals surface area contributed by atoms with Crippen molar-refractivity contribution in [2.45, 2.75) is 24.8 Å². The zero-order chi connectivity index (χ0) is 23.4. The number of piperidine rings is 1. The first-order chi connectivity index (χ1) is 15.9. The minimum absolute atomic E-state index is 0.197. The Kier molecular flexibility index (Phi) is 6.08. The van der Waals surface area contributed by atoms with Crippen molar-refractivity contribution in [1.82, 2.24) is 19.7 Å². The summed E-state index contributed by atoms with van der Waals surface area (Å²) in [6.45, 7) is 1.29. The molecule has 3 heterocycles. The van der Waals surface area contributed by atoms with Crippen molar-refractivity contribution in [1.29, 1.82) is 5.26 Å². The quantitative estimate of drug-likeness (QED) is 0.561. The van der Waals surface area contributed by atoms with Crippen LogP contribution in [0.3, 0.4) is 0 Å². The fourth-order valence-electron chi connectivity index (χ4n) is 3.95. The summed E-state index contributed by atoms with van der Waals surface area (Å²) in [7, 11) is 1.51. The lowest BCUT2D eigenvalue weighted by molar-refractivity contribution is 0.100. The average Bonchev–Trinajstić information content (AvgIpc) is 3.26. The van der Waals surface area contributed by atoms with Crippen molar-refractivity contribution < 1.29 is 13.9 Å². The van der Waals surface area contributed by atoms with Crippen LogP contribution in [-0.2, 0) is 5.54 Å². The molecule has 170 valence electrons. The normalized spacial score (nSPS) is 15.0. The Morgan fingerprint density at radius 3 is 2.52 bits per heavy atom. The first-order valence-corrected chi connectivity index (χ1v) is 10.3. The highest BCUT2D eigenvalue weighted by atomic mass is 19.1. The maximum Gasteiger partial charge on any atom is 0.316 e. The smallest absolute Gasteiger partial charge is 0.316 e. The standard InChI is InChI=1S/C22H23FN8O2/c1-33-21-26-12-17(13-27-21)30-10-7-22(6-9-24,8-11-30)31-14-18(19(25)32)20(29-31)28-16-4-2-15(23)3-5-16/h2-5,12-14H,6-8,10-11H2,1H3,(H2,25,32)(H,28,29). The monoisotopic (exact) mass is 450 g/mol. The third kappa shape index (κ3) is 4.55. The van der Waals surface area contributed by atoms with Crippen LogP contribution < -0.4 is 20.7 Å². The van der Waals surface area contributed by atoms with Crippen molar-refractivity contribution >= 4 is 23.1 Å². The molecule has 2 aromatic heterocycles. The molecule has 1 aromatic carbocycles. The van der Waals surface area contributed by atoms with Gasteiger partial charge in [-0.1, -0.05) is 0 Å². The van der Waals surface area contributed by atoms with Gasteiger partial charge >= 0.3 is 6.01 Å². The molecule has 1 fully saturated rings. The molecule has 3 N–H and O–H groups in total. The molecule has 11 heteroatoms. The summed E-state index contributed by atoms with van der Waals surface area (Å²) >= 11 is 0. The van der Waals surface area contributed by atoms with E-state index in [9.17, 15) is 14.4 Å². The van der Waals surface area contributed by atoms with Gasteiger partial charge in [0, 0.05) is 25.0 Å². The third-order valence-corrected chi connectivity index (χ3v) is 5.84. The molecule has 0 radical (unpaired) electrons. The van der Waals surface area contributed by atoms with Crippen molar-refractivity contribution in [2.24, 2.45) is 5.73 Å². The molecule has 0 saturated carbocycles. The fourth-order valence-corrected chi connectivity index (χ4v) is 3.95. The molecule has 0 atom stereocenters. The number of hydrogen-bond donors (Lipinski definition) is 2. The van der Waals surface area contributed by atoms with Crippen molar-refractivity contribution in [3.63, 3.8) is 0 Å². The summed E-state index contributed by atoms with van der Waals surface area (Å²) in [6.07, 6.45) is 6.43. The van der Waals surface area contributed by atoms with E-state index >= 15 is 0 Å². The number of nitriles is 1. The van der Waals surface area contributed by atoms with Gasteiger partial charge in [-0.05, 0) is 37.1 Å². The number of halogens is 1. The number of hydrogen-bond acceptors (Lipinski definition) is 8. The largest absolute Gasteiger partial charge is 0.467 e. The molecule has 4 rings (SSSR count). The first kappa shape index (κ1) is 22.0. The summed E-state index contributed by atoms with van der Waals surface area (Å²) in [5.74, 6) is -0.758. The number of methoxy groups -OCH3 is 1. The minimum atomic E-state index is -0.647. The van der Waals surface area contributed by atoms with Crippen molar-refractivity contribution in [3.8, 4) is 12.1 Å². The lowest BCUT2D eigenvalue weighted by Gasteiger charge is -2.41. The number of aromatic nitrogens is 4. The molecule has 3 aromatic rings. The molecular formula is C22H23FN8O2. The van der Waals surface area contributed by atoms with E-state index in [0.29, 0.717) is 37.6 Å². The minimum Gasteiger partial charge on any atom is -0.467 e. The van der Waals surface area contributed by atoms with E-state index in [2.05, 4.69) is 31.4 Å². The lowest BCUT2D eigenvalue weighted by Crippen LogP contribution is -2.46. The number of ether oxygens (including phenoxy) is 1. The van der Waals surface area contributed by atoms with E-state index in [4.69, 9.17) is 10.5 Å². The Morgan fingerprint density at radius 2 is 1.94 bits per heavy atom. The van der Waals surface area contributed by atoms with Crippen LogP contribution in [0.15, 0.2) is 42.9 Å². The highest BCUT2D eigenvalue weighted by Crippen LogP contribution is 2.36. The van der Waals surface area contributed by atoms with Crippen LogP contribution >= 0.6 is 0 Å². The maximum absolute atomic E-state index is 13.2. The van der Waals surface area contributed by atoms with Gasteiger partial charge in [0.05, 0.1) is 43.2 Å². The van der Waals surface area contributed by atoms with E-state index in [1.807, 2.05) is 0 Å². The molecule has 0 aliphatic carbocycles. The van der Waals surface area contributed by atoms with Gasteiger partial charge in [-0.3, -0.25) is 9.48 Å². The van der Waals surface area contributed by atoms with Crippen LogP contribution in [0.2, 0.25) is 0 Å². The van der Waals surface area contributed by atoms with Gasteiger partial charge < -0.3 is 20.7 Å². The zero-order valence-electron chi connectivity index (χ0n) is 18.0. The Labute approximate surface area is 189 Å². The SMILES string of the molecule is COc1ncc(N2CCC(CC#N)(n3cc(C(N)=O)c(Nc4ccc(F)cc4)n3)CC2)cn1. The van der Waals surface area contributed by atoms with E-state index in [1.54, 1.807) is 35.4 Å².